The van der Waals surface area contributed by atoms with Crippen LogP contribution in [0.1, 0.15) is 39.7 Å². The molecule has 6 heteroatoms. The molecular weight excluding hydrogens is 306 g/mol. The van der Waals surface area contributed by atoms with Gasteiger partial charge in [-0.15, -0.1) is 0 Å². The molecule has 6 nitrogen and oxygen atoms in total. The van der Waals surface area contributed by atoms with Crippen LogP contribution in [0.25, 0.3) is 0 Å². The number of alkyl carbamates (subject to hydrolysis) is 1. The fourth-order valence-corrected chi connectivity index (χ4v) is 2.04. The van der Waals surface area contributed by atoms with E-state index in [1.807, 2.05) is 36.4 Å². The summed E-state index contributed by atoms with van der Waals surface area (Å²) in [4.78, 5) is 24.5. The highest BCUT2D eigenvalue weighted by Gasteiger charge is 2.25. The van der Waals surface area contributed by atoms with Gasteiger partial charge in [0.25, 0.3) is 0 Å². The molecule has 0 fully saturated rings. The summed E-state index contributed by atoms with van der Waals surface area (Å²) < 4.78 is 5.23. The second-order valence-corrected chi connectivity index (χ2v) is 6.66. The first-order valence-electron chi connectivity index (χ1n) is 7.92. The molecule has 2 amide bonds. The van der Waals surface area contributed by atoms with Crippen molar-refractivity contribution in [2.45, 2.75) is 58.2 Å². The van der Waals surface area contributed by atoms with Crippen LogP contribution in [0.2, 0.25) is 0 Å². The molecule has 0 aromatic heterocycles. The minimum Gasteiger partial charge on any atom is -0.444 e. The minimum atomic E-state index is -0.775. The summed E-state index contributed by atoms with van der Waals surface area (Å²) in [6.45, 7) is 7.02. The number of amides is 2. The number of rotatable bonds is 6. The molecule has 0 saturated carbocycles. The van der Waals surface area contributed by atoms with Crippen molar-refractivity contribution < 1.29 is 14.3 Å². The molecule has 2 N–H and O–H groups in total. The minimum absolute atomic E-state index is 0.205. The van der Waals surface area contributed by atoms with Gasteiger partial charge in [-0.1, -0.05) is 30.3 Å². The molecule has 130 valence electrons. The quantitative estimate of drug-likeness (QED) is 0.838. The number of nitrogens with one attached hydrogen (secondary N) is 2. The van der Waals surface area contributed by atoms with Gasteiger partial charge in [0.2, 0.25) is 5.91 Å². The van der Waals surface area contributed by atoms with Gasteiger partial charge >= 0.3 is 6.09 Å². The van der Waals surface area contributed by atoms with Crippen LogP contribution < -0.4 is 10.6 Å². The molecule has 0 bridgehead atoms. The van der Waals surface area contributed by atoms with E-state index in [2.05, 4.69) is 10.6 Å². The van der Waals surface area contributed by atoms with Crippen LogP contribution in [0, 0.1) is 11.3 Å². The molecule has 0 radical (unpaired) electrons. The molecule has 24 heavy (non-hydrogen) atoms. The zero-order valence-electron chi connectivity index (χ0n) is 14.6. The molecule has 0 saturated heterocycles. The largest absolute Gasteiger partial charge is 0.444 e. The van der Waals surface area contributed by atoms with Crippen molar-refractivity contribution in [2.24, 2.45) is 0 Å². The summed E-state index contributed by atoms with van der Waals surface area (Å²) in [6.07, 6.45) is -0.104. The average molecular weight is 331 g/mol. The van der Waals surface area contributed by atoms with Crippen LogP contribution in [-0.4, -0.2) is 29.7 Å². The summed E-state index contributed by atoms with van der Waals surface area (Å²) in [7, 11) is 0. The Morgan fingerprint density at radius 1 is 1.21 bits per heavy atom. The van der Waals surface area contributed by atoms with Gasteiger partial charge in [-0.05, 0) is 33.3 Å². The normalized spacial score (nSPS) is 13.3. The molecule has 0 spiro atoms. The van der Waals surface area contributed by atoms with Gasteiger partial charge in [0.15, 0.2) is 0 Å². The summed E-state index contributed by atoms with van der Waals surface area (Å²) in [5.41, 5.74) is 0.271. The molecule has 2 atom stereocenters. The average Bonchev–Trinajstić information content (AvgIpc) is 2.45. The Bertz CT molecular complexity index is 588. The van der Waals surface area contributed by atoms with Gasteiger partial charge in [0.1, 0.15) is 11.6 Å². The Kier molecular flexibility index (Phi) is 7.25. The fourth-order valence-electron chi connectivity index (χ4n) is 2.04. The highest BCUT2D eigenvalue weighted by Crippen LogP contribution is 2.09. The molecular formula is C18H25N3O3. The Morgan fingerprint density at radius 2 is 1.83 bits per heavy atom. The molecule has 0 aliphatic carbocycles. The molecule has 1 aromatic carbocycles. The third kappa shape index (κ3) is 7.63. The van der Waals surface area contributed by atoms with Crippen molar-refractivity contribution in [2.75, 3.05) is 0 Å². The van der Waals surface area contributed by atoms with Crippen LogP contribution in [-0.2, 0) is 16.0 Å². The first kappa shape index (κ1) is 19.5. The number of carbonyl (C=O) groups is 2. The van der Waals surface area contributed by atoms with Gasteiger partial charge in [-0.25, -0.2) is 4.79 Å². The molecule has 0 heterocycles. The molecule has 0 aliphatic heterocycles. The Balaban J connectivity index is 2.80. The van der Waals surface area contributed by atoms with E-state index in [-0.39, 0.29) is 18.4 Å². The molecule has 0 unspecified atom stereocenters. The van der Waals surface area contributed by atoms with E-state index >= 15 is 0 Å². The van der Waals surface area contributed by atoms with Crippen LogP contribution in [0.3, 0.4) is 0 Å². The second-order valence-electron chi connectivity index (χ2n) is 6.66. The maximum atomic E-state index is 12.4. The first-order chi connectivity index (χ1) is 11.2. The van der Waals surface area contributed by atoms with E-state index < -0.39 is 17.7 Å². The zero-order chi connectivity index (χ0) is 18.2. The van der Waals surface area contributed by atoms with Crippen molar-refractivity contribution >= 4 is 12.0 Å². The third-order valence-electron chi connectivity index (χ3n) is 3.08. The smallest absolute Gasteiger partial charge is 0.408 e. The van der Waals surface area contributed by atoms with E-state index in [0.717, 1.165) is 5.56 Å². The number of nitrogens with zero attached hydrogens (tertiary/aromatic N) is 1. The Morgan fingerprint density at radius 3 is 2.38 bits per heavy atom. The maximum Gasteiger partial charge on any atom is 0.408 e. The summed E-state index contributed by atoms with van der Waals surface area (Å²) in [6, 6.07) is 10.3. The number of hydrogen-bond donors (Lipinski definition) is 2. The van der Waals surface area contributed by atoms with Crippen LogP contribution in [0.15, 0.2) is 30.3 Å². The maximum absolute atomic E-state index is 12.4. The summed E-state index contributed by atoms with van der Waals surface area (Å²) in [5.74, 6) is -0.340. The lowest BCUT2D eigenvalue weighted by Gasteiger charge is -2.24. The lowest BCUT2D eigenvalue weighted by molar-refractivity contribution is -0.123. The van der Waals surface area contributed by atoms with Gasteiger partial charge in [-0.3, -0.25) is 4.79 Å². The summed E-state index contributed by atoms with van der Waals surface area (Å²) in [5, 5.41) is 14.1. The van der Waals surface area contributed by atoms with Crippen LogP contribution in [0.4, 0.5) is 4.79 Å². The highest BCUT2D eigenvalue weighted by atomic mass is 16.6. The number of carbonyl (C=O) groups excluding carboxylic acids is 2. The van der Waals surface area contributed by atoms with E-state index in [9.17, 15) is 9.59 Å². The number of benzene rings is 1. The first-order valence-corrected chi connectivity index (χ1v) is 7.92. The second kappa shape index (κ2) is 8.92. The predicted molar refractivity (Wildman–Crippen MR) is 91.1 cm³/mol. The van der Waals surface area contributed by atoms with Gasteiger partial charge < -0.3 is 15.4 Å². The highest BCUT2D eigenvalue weighted by molar-refractivity contribution is 5.86. The SMILES string of the molecule is C[C@H](CC#N)NC(=O)[C@H](Cc1ccccc1)NC(=O)OC(C)(C)C. The third-order valence-corrected chi connectivity index (χ3v) is 3.08. The monoisotopic (exact) mass is 331 g/mol. The van der Waals surface area contributed by atoms with E-state index in [1.165, 1.54) is 0 Å². The van der Waals surface area contributed by atoms with Gasteiger partial charge in [-0.2, -0.15) is 5.26 Å². The number of hydrogen-bond acceptors (Lipinski definition) is 4. The standard InChI is InChI=1S/C18H25N3O3/c1-13(10-11-19)20-16(22)15(12-14-8-6-5-7-9-14)21-17(23)24-18(2,3)4/h5-9,13,15H,10,12H2,1-4H3,(H,20,22)(H,21,23)/t13-,15+/m1/s1. The number of nitriles is 1. The Labute approximate surface area is 143 Å². The molecule has 0 aliphatic rings. The Hall–Kier alpha value is -2.55. The van der Waals surface area contributed by atoms with Crippen molar-refractivity contribution in [3.63, 3.8) is 0 Å². The van der Waals surface area contributed by atoms with E-state index in [4.69, 9.17) is 10.00 Å². The van der Waals surface area contributed by atoms with E-state index in [0.29, 0.717) is 6.42 Å². The van der Waals surface area contributed by atoms with Crippen molar-refractivity contribution in [3.05, 3.63) is 35.9 Å². The predicted octanol–water partition coefficient (Wildman–Crippen LogP) is 2.54. The van der Waals surface area contributed by atoms with Crippen LogP contribution in [0.5, 0.6) is 0 Å². The molecule has 1 aromatic rings. The fraction of sp³-hybridized carbons (Fsp3) is 0.500. The zero-order valence-corrected chi connectivity index (χ0v) is 14.6. The van der Waals surface area contributed by atoms with Crippen LogP contribution >= 0.6 is 0 Å². The topological polar surface area (TPSA) is 91.2 Å². The van der Waals surface area contributed by atoms with E-state index in [1.54, 1.807) is 27.7 Å². The van der Waals surface area contributed by atoms with Crippen molar-refractivity contribution in [1.29, 1.82) is 5.26 Å². The molecule has 1 rings (SSSR count). The number of ether oxygens (including phenoxy) is 1. The van der Waals surface area contributed by atoms with Crippen molar-refractivity contribution in [3.8, 4) is 6.07 Å². The van der Waals surface area contributed by atoms with Gasteiger partial charge in [0.05, 0.1) is 12.5 Å². The lowest BCUT2D eigenvalue weighted by Crippen LogP contribution is -2.51. The van der Waals surface area contributed by atoms with Crippen molar-refractivity contribution in [1.82, 2.24) is 10.6 Å². The van der Waals surface area contributed by atoms with Gasteiger partial charge in [0, 0.05) is 12.5 Å². The summed E-state index contributed by atoms with van der Waals surface area (Å²) >= 11 is 0. The lowest BCUT2D eigenvalue weighted by atomic mass is 10.0.